The van der Waals surface area contributed by atoms with Crippen molar-refractivity contribution in [1.82, 2.24) is 5.32 Å². The van der Waals surface area contributed by atoms with Gasteiger partial charge in [0.1, 0.15) is 5.92 Å². The third-order valence-corrected chi connectivity index (χ3v) is 4.29. The number of imide groups is 1. The molecule has 2 amide bonds. The topological polar surface area (TPSA) is 97.4 Å². The number of ketones is 3. The van der Waals surface area contributed by atoms with Crippen LogP contribution in [-0.4, -0.2) is 29.2 Å². The maximum atomic E-state index is 12.3. The Morgan fingerprint density at radius 3 is 1.95 bits per heavy atom. The van der Waals surface area contributed by atoms with E-state index in [1.54, 1.807) is 13.8 Å². The van der Waals surface area contributed by atoms with Crippen LogP contribution < -0.4 is 5.32 Å². The highest BCUT2D eigenvalue weighted by Gasteiger charge is 2.44. The molecule has 0 aromatic heterocycles. The summed E-state index contributed by atoms with van der Waals surface area (Å²) in [5, 5.41) is 2.17. The summed E-state index contributed by atoms with van der Waals surface area (Å²) in [4.78, 5) is 59.1. The van der Waals surface area contributed by atoms with Crippen molar-refractivity contribution in [3.63, 3.8) is 0 Å². The molecule has 6 heteroatoms. The summed E-state index contributed by atoms with van der Waals surface area (Å²) in [5.41, 5.74) is 0. The zero-order valence-electron chi connectivity index (χ0n) is 12.2. The van der Waals surface area contributed by atoms with Crippen molar-refractivity contribution in [2.24, 2.45) is 23.7 Å². The molecule has 0 spiro atoms. The number of hydrogen-bond acceptors (Lipinski definition) is 5. The van der Waals surface area contributed by atoms with E-state index in [1.165, 1.54) is 0 Å². The van der Waals surface area contributed by atoms with Gasteiger partial charge in [-0.3, -0.25) is 29.3 Å². The van der Waals surface area contributed by atoms with Crippen LogP contribution in [-0.2, 0) is 24.0 Å². The highest BCUT2D eigenvalue weighted by atomic mass is 16.2. The van der Waals surface area contributed by atoms with E-state index in [1.807, 2.05) is 0 Å². The highest BCUT2D eigenvalue weighted by molar-refractivity contribution is 6.21. The van der Waals surface area contributed by atoms with Gasteiger partial charge in [-0.25, -0.2) is 0 Å². The summed E-state index contributed by atoms with van der Waals surface area (Å²) in [6.45, 7) is 3.45. The minimum Gasteiger partial charge on any atom is -0.298 e. The Hall–Kier alpha value is -1.85. The molecule has 6 nitrogen and oxygen atoms in total. The van der Waals surface area contributed by atoms with Gasteiger partial charge in [-0.2, -0.15) is 0 Å². The Kier molecular flexibility index (Phi) is 4.34. The Bertz CT molecular complexity index is 488. The zero-order valence-corrected chi connectivity index (χ0v) is 12.2. The van der Waals surface area contributed by atoms with E-state index >= 15 is 0 Å². The van der Waals surface area contributed by atoms with Gasteiger partial charge < -0.3 is 0 Å². The van der Waals surface area contributed by atoms with Gasteiger partial charge in [0.05, 0.1) is 0 Å². The lowest BCUT2D eigenvalue weighted by Gasteiger charge is -2.29. The Morgan fingerprint density at radius 2 is 1.48 bits per heavy atom. The minimum absolute atomic E-state index is 0.0687. The molecule has 1 aliphatic carbocycles. The molecule has 2 atom stereocenters. The van der Waals surface area contributed by atoms with Crippen LogP contribution in [0.25, 0.3) is 0 Å². The standard InChI is InChI=1S/C15H19NO5/c1-7-3-8(2)15(21)13(14(7)20)10(17)4-9-5-11(18)16-12(19)6-9/h7-9,13H,3-6H2,1-2H3,(H,16,18,19). The number of amides is 2. The quantitative estimate of drug-likeness (QED) is 0.601. The van der Waals surface area contributed by atoms with E-state index < -0.39 is 29.4 Å². The molecule has 0 radical (unpaired) electrons. The summed E-state index contributed by atoms with van der Waals surface area (Å²) in [7, 11) is 0. The van der Waals surface area contributed by atoms with Crippen LogP contribution in [0.1, 0.15) is 39.5 Å². The van der Waals surface area contributed by atoms with Gasteiger partial charge in [-0.05, 0) is 12.3 Å². The predicted molar refractivity (Wildman–Crippen MR) is 71.9 cm³/mol. The molecule has 0 aromatic carbocycles. The number of piperidine rings is 1. The zero-order chi connectivity index (χ0) is 15.7. The molecule has 1 saturated carbocycles. The number of rotatable bonds is 3. The van der Waals surface area contributed by atoms with Crippen molar-refractivity contribution in [3.8, 4) is 0 Å². The predicted octanol–water partition coefficient (Wildman–Crippen LogP) is 0.429. The van der Waals surface area contributed by atoms with Crippen molar-refractivity contribution in [1.29, 1.82) is 0 Å². The molecule has 114 valence electrons. The second-order valence-electron chi connectivity index (χ2n) is 6.19. The van der Waals surface area contributed by atoms with Crippen LogP contribution >= 0.6 is 0 Å². The summed E-state index contributed by atoms with van der Waals surface area (Å²) < 4.78 is 0. The van der Waals surface area contributed by atoms with E-state index in [0.717, 1.165) is 0 Å². The molecular weight excluding hydrogens is 274 g/mol. The summed E-state index contributed by atoms with van der Waals surface area (Å²) in [5.74, 6) is -4.14. The fourth-order valence-electron chi connectivity index (χ4n) is 3.19. The van der Waals surface area contributed by atoms with Crippen LogP contribution in [0.4, 0.5) is 0 Å². The third-order valence-electron chi connectivity index (χ3n) is 4.29. The second kappa shape index (κ2) is 5.87. The van der Waals surface area contributed by atoms with Gasteiger partial charge >= 0.3 is 0 Å². The van der Waals surface area contributed by atoms with Crippen molar-refractivity contribution in [2.45, 2.75) is 39.5 Å². The van der Waals surface area contributed by atoms with Crippen molar-refractivity contribution < 1.29 is 24.0 Å². The van der Waals surface area contributed by atoms with Crippen molar-refractivity contribution >= 4 is 29.2 Å². The summed E-state index contributed by atoms with van der Waals surface area (Å²) in [6.07, 6.45) is 0.571. The average Bonchev–Trinajstić information content (AvgIpc) is 2.35. The van der Waals surface area contributed by atoms with E-state index in [0.29, 0.717) is 6.42 Å². The summed E-state index contributed by atoms with van der Waals surface area (Å²) >= 11 is 0. The lowest BCUT2D eigenvalue weighted by molar-refractivity contribution is -0.147. The first-order chi connectivity index (χ1) is 9.79. The molecule has 0 bridgehead atoms. The van der Waals surface area contributed by atoms with Crippen LogP contribution in [0.5, 0.6) is 0 Å². The van der Waals surface area contributed by atoms with Crippen molar-refractivity contribution in [2.75, 3.05) is 0 Å². The maximum Gasteiger partial charge on any atom is 0.226 e. The largest absolute Gasteiger partial charge is 0.298 e. The molecule has 2 rings (SSSR count). The number of carbonyl (C=O) groups is 5. The van der Waals surface area contributed by atoms with Gasteiger partial charge in [0.25, 0.3) is 0 Å². The molecule has 1 heterocycles. The SMILES string of the molecule is CC1CC(C)C(=O)C(C(=O)CC2CC(=O)NC(=O)C2)C1=O. The number of nitrogens with one attached hydrogen (secondary N) is 1. The van der Waals surface area contributed by atoms with Gasteiger partial charge in [0.15, 0.2) is 17.3 Å². The van der Waals surface area contributed by atoms with Gasteiger partial charge in [-0.15, -0.1) is 0 Å². The molecule has 0 aromatic rings. The van der Waals surface area contributed by atoms with E-state index in [4.69, 9.17) is 0 Å². The number of carbonyl (C=O) groups excluding carboxylic acids is 5. The van der Waals surface area contributed by atoms with Crippen LogP contribution in [0.2, 0.25) is 0 Å². The first-order valence-corrected chi connectivity index (χ1v) is 7.22. The van der Waals surface area contributed by atoms with E-state index in [-0.39, 0.29) is 42.7 Å². The molecule has 2 unspecified atom stereocenters. The molecule has 1 saturated heterocycles. The molecule has 2 fully saturated rings. The Morgan fingerprint density at radius 1 is 1.00 bits per heavy atom. The van der Waals surface area contributed by atoms with E-state index in [9.17, 15) is 24.0 Å². The third kappa shape index (κ3) is 3.25. The molecule has 2 aliphatic rings. The first-order valence-electron chi connectivity index (χ1n) is 7.22. The fraction of sp³-hybridized carbons (Fsp3) is 0.667. The Labute approximate surface area is 122 Å². The lowest BCUT2D eigenvalue weighted by Crippen LogP contribution is -2.45. The molecule has 21 heavy (non-hydrogen) atoms. The maximum absolute atomic E-state index is 12.3. The number of Topliss-reactive ketones (excluding diaryl/α,β-unsaturated/α-hetero) is 3. The number of hydrogen-bond donors (Lipinski definition) is 1. The van der Waals surface area contributed by atoms with Crippen LogP contribution in [0.15, 0.2) is 0 Å². The first kappa shape index (κ1) is 15.5. The van der Waals surface area contributed by atoms with Gasteiger partial charge in [0, 0.05) is 31.1 Å². The van der Waals surface area contributed by atoms with Crippen LogP contribution in [0.3, 0.4) is 0 Å². The van der Waals surface area contributed by atoms with Gasteiger partial charge in [-0.1, -0.05) is 13.8 Å². The molecular formula is C15H19NO5. The smallest absolute Gasteiger partial charge is 0.226 e. The molecule has 1 aliphatic heterocycles. The van der Waals surface area contributed by atoms with Crippen molar-refractivity contribution in [3.05, 3.63) is 0 Å². The minimum atomic E-state index is -1.20. The Balaban J connectivity index is 2.08. The lowest BCUT2D eigenvalue weighted by atomic mass is 9.71. The van der Waals surface area contributed by atoms with Crippen LogP contribution in [0, 0.1) is 23.7 Å². The monoisotopic (exact) mass is 293 g/mol. The van der Waals surface area contributed by atoms with Gasteiger partial charge in [0.2, 0.25) is 11.8 Å². The fourth-order valence-corrected chi connectivity index (χ4v) is 3.19. The van der Waals surface area contributed by atoms with E-state index in [2.05, 4.69) is 5.32 Å². The molecule has 1 N–H and O–H groups in total. The second-order valence-corrected chi connectivity index (χ2v) is 6.19. The summed E-state index contributed by atoms with van der Waals surface area (Å²) in [6, 6.07) is 0. The highest BCUT2D eigenvalue weighted by Crippen LogP contribution is 2.30. The normalized spacial score (nSPS) is 31.2. The average molecular weight is 293 g/mol.